The molecule has 1 unspecified atom stereocenters. The van der Waals surface area contributed by atoms with Gasteiger partial charge < -0.3 is 10.2 Å². The van der Waals surface area contributed by atoms with Crippen molar-refractivity contribution >= 4 is 5.69 Å². The molecule has 17 heavy (non-hydrogen) atoms. The minimum Gasteiger partial charge on any atom is -0.374 e. The minimum absolute atomic E-state index is 0.328. The van der Waals surface area contributed by atoms with Crippen LogP contribution in [0.15, 0.2) is 24.3 Å². The van der Waals surface area contributed by atoms with Gasteiger partial charge in [-0.25, -0.2) is 0 Å². The van der Waals surface area contributed by atoms with Crippen LogP contribution in [0.4, 0.5) is 5.69 Å². The summed E-state index contributed by atoms with van der Waals surface area (Å²) < 4.78 is 0. The van der Waals surface area contributed by atoms with Gasteiger partial charge in [-0.3, -0.25) is 0 Å². The molecule has 0 amide bonds. The van der Waals surface area contributed by atoms with Crippen molar-refractivity contribution in [2.45, 2.75) is 27.2 Å². The average molecular weight is 234 g/mol. The van der Waals surface area contributed by atoms with Gasteiger partial charge in [-0.2, -0.15) is 0 Å². The maximum Gasteiger partial charge on any atom is 0.0363 e. The van der Waals surface area contributed by atoms with Crippen molar-refractivity contribution < 1.29 is 0 Å². The number of hydrogen-bond acceptors (Lipinski definition) is 2. The maximum absolute atomic E-state index is 3.30. The van der Waals surface area contributed by atoms with E-state index in [1.807, 2.05) is 7.05 Å². The van der Waals surface area contributed by atoms with Crippen LogP contribution >= 0.6 is 0 Å². The van der Waals surface area contributed by atoms with Crippen LogP contribution in [0.2, 0.25) is 0 Å². The van der Waals surface area contributed by atoms with Gasteiger partial charge in [-0.05, 0) is 37.9 Å². The number of benzene rings is 1. The van der Waals surface area contributed by atoms with Crippen LogP contribution in [0.25, 0.3) is 0 Å². The fourth-order valence-corrected chi connectivity index (χ4v) is 2.18. The normalized spacial score (nSPS) is 14.4. The van der Waals surface area contributed by atoms with Gasteiger partial charge in [0, 0.05) is 25.8 Å². The lowest BCUT2D eigenvalue weighted by atomic mass is 9.87. The van der Waals surface area contributed by atoms with Gasteiger partial charge in [0.05, 0.1) is 0 Å². The number of aryl methyl sites for hydroxylation is 1. The summed E-state index contributed by atoms with van der Waals surface area (Å²) in [4.78, 5) is 2.35. The Balaban J connectivity index is 2.70. The van der Waals surface area contributed by atoms with Gasteiger partial charge in [0.15, 0.2) is 0 Å². The fourth-order valence-electron chi connectivity index (χ4n) is 2.18. The van der Waals surface area contributed by atoms with Gasteiger partial charge >= 0.3 is 0 Å². The molecule has 2 nitrogen and oxygen atoms in total. The lowest BCUT2D eigenvalue weighted by Crippen LogP contribution is -2.39. The average Bonchev–Trinajstić information content (AvgIpc) is 2.30. The smallest absolute Gasteiger partial charge is 0.0363 e. The molecule has 0 saturated heterocycles. The van der Waals surface area contributed by atoms with Crippen molar-refractivity contribution in [1.82, 2.24) is 5.32 Å². The SMILES string of the molecule is CCC(C)(CNC)CN(C)c1ccc(C)cc1. The van der Waals surface area contributed by atoms with E-state index in [-0.39, 0.29) is 0 Å². The van der Waals surface area contributed by atoms with Crippen LogP contribution in [-0.2, 0) is 0 Å². The highest BCUT2D eigenvalue weighted by molar-refractivity contribution is 5.46. The Hall–Kier alpha value is -1.02. The first-order chi connectivity index (χ1) is 8.00. The molecule has 1 aromatic rings. The molecular formula is C15H26N2. The highest BCUT2D eigenvalue weighted by Gasteiger charge is 2.23. The van der Waals surface area contributed by atoms with Crippen LogP contribution in [0.5, 0.6) is 0 Å². The first-order valence-corrected chi connectivity index (χ1v) is 6.43. The van der Waals surface area contributed by atoms with Crippen molar-refractivity contribution in [3.63, 3.8) is 0 Å². The number of nitrogens with zero attached hydrogens (tertiary/aromatic N) is 1. The van der Waals surface area contributed by atoms with Crippen LogP contribution in [-0.4, -0.2) is 27.2 Å². The quantitative estimate of drug-likeness (QED) is 0.814. The molecule has 0 aliphatic heterocycles. The lowest BCUT2D eigenvalue weighted by Gasteiger charge is -2.34. The topological polar surface area (TPSA) is 15.3 Å². The van der Waals surface area contributed by atoms with E-state index in [4.69, 9.17) is 0 Å². The molecule has 0 fully saturated rings. The van der Waals surface area contributed by atoms with Gasteiger partial charge in [-0.1, -0.05) is 31.5 Å². The number of anilines is 1. The summed E-state index contributed by atoms with van der Waals surface area (Å²) in [6.45, 7) is 8.86. The summed E-state index contributed by atoms with van der Waals surface area (Å²) >= 11 is 0. The van der Waals surface area contributed by atoms with E-state index in [0.29, 0.717) is 5.41 Å². The molecule has 1 atom stereocenters. The van der Waals surface area contributed by atoms with E-state index in [0.717, 1.165) is 13.1 Å². The van der Waals surface area contributed by atoms with E-state index < -0.39 is 0 Å². The zero-order chi connectivity index (χ0) is 12.9. The molecule has 0 bridgehead atoms. The summed E-state index contributed by atoms with van der Waals surface area (Å²) in [5.74, 6) is 0. The molecule has 1 aromatic carbocycles. The van der Waals surface area contributed by atoms with Gasteiger partial charge in [0.1, 0.15) is 0 Å². The summed E-state index contributed by atoms with van der Waals surface area (Å²) in [7, 11) is 4.20. The van der Waals surface area contributed by atoms with E-state index >= 15 is 0 Å². The van der Waals surface area contributed by atoms with Crippen molar-refractivity contribution in [2.24, 2.45) is 5.41 Å². The summed E-state index contributed by atoms with van der Waals surface area (Å²) in [5, 5.41) is 3.30. The fraction of sp³-hybridized carbons (Fsp3) is 0.600. The molecule has 2 heteroatoms. The van der Waals surface area contributed by atoms with Crippen molar-refractivity contribution in [3.05, 3.63) is 29.8 Å². The van der Waals surface area contributed by atoms with Crippen molar-refractivity contribution in [3.8, 4) is 0 Å². The summed E-state index contributed by atoms with van der Waals surface area (Å²) in [6, 6.07) is 8.75. The summed E-state index contributed by atoms with van der Waals surface area (Å²) in [6.07, 6.45) is 1.18. The molecule has 1 N–H and O–H groups in total. The Kier molecular flexibility index (Phi) is 5.01. The molecule has 0 spiro atoms. The van der Waals surface area contributed by atoms with Gasteiger partial charge in [-0.15, -0.1) is 0 Å². The first-order valence-electron chi connectivity index (χ1n) is 6.43. The molecule has 0 aliphatic rings. The predicted molar refractivity (Wildman–Crippen MR) is 76.8 cm³/mol. The van der Waals surface area contributed by atoms with E-state index in [9.17, 15) is 0 Å². The largest absolute Gasteiger partial charge is 0.374 e. The second-order valence-corrected chi connectivity index (χ2v) is 5.39. The van der Waals surface area contributed by atoms with E-state index in [2.05, 4.69) is 62.3 Å². The second-order valence-electron chi connectivity index (χ2n) is 5.39. The molecule has 1 rings (SSSR count). The number of rotatable bonds is 6. The zero-order valence-electron chi connectivity index (χ0n) is 11.9. The molecule has 0 heterocycles. The van der Waals surface area contributed by atoms with Crippen LogP contribution in [0.3, 0.4) is 0 Å². The third kappa shape index (κ3) is 4.04. The van der Waals surface area contributed by atoms with Crippen molar-refractivity contribution in [1.29, 1.82) is 0 Å². The molecule has 0 aliphatic carbocycles. The third-order valence-corrected chi connectivity index (χ3v) is 3.55. The molecule has 0 radical (unpaired) electrons. The molecule has 0 saturated carbocycles. The molecular weight excluding hydrogens is 208 g/mol. The Morgan fingerprint density at radius 3 is 2.29 bits per heavy atom. The number of nitrogens with one attached hydrogen (secondary N) is 1. The highest BCUT2D eigenvalue weighted by atomic mass is 15.1. The highest BCUT2D eigenvalue weighted by Crippen LogP contribution is 2.24. The zero-order valence-corrected chi connectivity index (χ0v) is 11.9. The Bertz CT molecular complexity index is 331. The standard InChI is InChI=1S/C15H26N2/c1-6-15(3,11-16-4)12-17(5)14-9-7-13(2)8-10-14/h7-10,16H,6,11-12H2,1-5H3. The lowest BCUT2D eigenvalue weighted by molar-refractivity contribution is 0.308. The van der Waals surface area contributed by atoms with Crippen LogP contribution < -0.4 is 10.2 Å². The Morgan fingerprint density at radius 1 is 1.24 bits per heavy atom. The monoisotopic (exact) mass is 234 g/mol. The summed E-state index contributed by atoms with van der Waals surface area (Å²) in [5.41, 5.74) is 2.94. The molecule has 0 aromatic heterocycles. The van der Waals surface area contributed by atoms with Crippen molar-refractivity contribution in [2.75, 3.05) is 32.1 Å². The van der Waals surface area contributed by atoms with E-state index in [1.165, 1.54) is 17.7 Å². The number of hydrogen-bond donors (Lipinski definition) is 1. The molecule has 96 valence electrons. The first kappa shape index (κ1) is 14.0. The van der Waals surface area contributed by atoms with Crippen LogP contribution in [0, 0.1) is 12.3 Å². The third-order valence-electron chi connectivity index (χ3n) is 3.55. The minimum atomic E-state index is 0.328. The van der Waals surface area contributed by atoms with Crippen LogP contribution in [0.1, 0.15) is 25.8 Å². The maximum atomic E-state index is 3.30. The second kappa shape index (κ2) is 6.06. The Labute approximate surface area is 106 Å². The van der Waals surface area contributed by atoms with E-state index in [1.54, 1.807) is 0 Å². The van der Waals surface area contributed by atoms with Gasteiger partial charge in [0.25, 0.3) is 0 Å². The Morgan fingerprint density at radius 2 is 1.82 bits per heavy atom. The van der Waals surface area contributed by atoms with Gasteiger partial charge in [0.2, 0.25) is 0 Å². The predicted octanol–water partition coefficient (Wildman–Crippen LogP) is 3.07.